The van der Waals surface area contributed by atoms with Gasteiger partial charge in [0, 0.05) is 18.8 Å². The molecule has 1 N–H and O–H groups in total. The number of anilines is 1. The van der Waals surface area contributed by atoms with E-state index >= 15 is 0 Å². The first-order valence-electron chi connectivity index (χ1n) is 9.66. The normalized spacial score (nSPS) is 15.2. The number of para-hydroxylation sites is 1. The number of ether oxygens (including phenoxy) is 1. The van der Waals surface area contributed by atoms with Crippen LogP contribution >= 0.6 is 0 Å². The lowest BCUT2D eigenvalue weighted by atomic mass is 10.2. The minimum absolute atomic E-state index is 0.249. The van der Waals surface area contributed by atoms with Gasteiger partial charge >= 0.3 is 0 Å². The highest BCUT2D eigenvalue weighted by Crippen LogP contribution is 2.23. The van der Waals surface area contributed by atoms with Crippen molar-refractivity contribution in [3.05, 3.63) is 54.1 Å². The zero-order valence-corrected chi connectivity index (χ0v) is 16.9. The van der Waals surface area contributed by atoms with Crippen LogP contribution in [0.25, 0.3) is 0 Å². The predicted molar refractivity (Wildman–Crippen MR) is 109 cm³/mol. The minimum atomic E-state index is -3.48. The smallest absolute Gasteiger partial charge is 0.259 e. The molecule has 1 aliphatic rings. The number of rotatable bonds is 7. The maximum atomic E-state index is 12.7. The van der Waals surface area contributed by atoms with Gasteiger partial charge in [0.15, 0.2) is 0 Å². The van der Waals surface area contributed by atoms with E-state index in [2.05, 4.69) is 5.32 Å². The van der Waals surface area contributed by atoms with Gasteiger partial charge in [-0.2, -0.15) is 4.31 Å². The average molecular weight is 403 g/mol. The van der Waals surface area contributed by atoms with Crippen LogP contribution in [0, 0.1) is 0 Å². The van der Waals surface area contributed by atoms with Gasteiger partial charge in [-0.15, -0.1) is 0 Å². The van der Waals surface area contributed by atoms with E-state index in [0.717, 1.165) is 25.7 Å². The number of amides is 1. The summed E-state index contributed by atoms with van der Waals surface area (Å²) in [4.78, 5) is 12.9. The molecule has 0 bridgehead atoms. The van der Waals surface area contributed by atoms with Crippen LogP contribution in [0.1, 0.15) is 43.0 Å². The van der Waals surface area contributed by atoms with E-state index in [9.17, 15) is 13.2 Å². The second-order valence-corrected chi connectivity index (χ2v) is 8.73. The van der Waals surface area contributed by atoms with Crippen molar-refractivity contribution >= 4 is 21.6 Å². The van der Waals surface area contributed by atoms with Crippen molar-refractivity contribution in [2.45, 2.75) is 37.5 Å². The van der Waals surface area contributed by atoms with Crippen LogP contribution < -0.4 is 10.1 Å². The largest absolute Gasteiger partial charge is 0.493 e. The van der Waals surface area contributed by atoms with E-state index in [1.54, 1.807) is 42.5 Å². The van der Waals surface area contributed by atoms with Gasteiger partial charge < -0.3 is 10.1 Å². The fourth-order valence-electron chi connectivity index (χ4n) is 3.16. The standard InChI is InChI=1S/C21H26N2O4S/c1-2-16-27-20-9-5-4-8-19(20)21(24)22-17-10-12-18(13-11-17)28(25,26)23-14-6-3-7-15-23/h4-5,8-13H,2-3,6-7,14-16H2,1H3,(H,22,24). The van der Waals surface area contributed by atoms with E-state index < -0.39 is 10.0 Å². The average Bonchev–Trinajstić information content (AvgIpc) is 2.73. The molecule has 1 heterocycles. The molecule has 1 amide bonds. The lowest BCUT2D eigenvalue weighted by Crippen LogP contribution is -2.35. The zero-order chi connectivity index (χ0) is 20.0. The molecule has 1 aliphatic heterocycles. The quantitative estimate of drug-likeness (QED) is 0.762. The van der Waals surface area contributed by atoms with Crippen molar-refractivity contribution in [1.82, 2.24) is 4.31 Å². The Morgan fingerprint density at radius 3 is 2.39 bits per heavy atom. The number of carbonyl (C=O) groups is 1. The number of nitrogens with zero attached hydrogens (tertiary/aromatic N) is 1. The topological polar surface area (TPSA) is 75.7 Å². The Hall–Kier alpha value is -2.38. The third kappa shape index (κ3) is 4.72. The van der Waals surface area contributed by atoms with Crippen LogP contribution in [0.2, 0.25) is 0 Å². The first-order valence-corrected chi connectivity index (χ1v) is 11.1. The third-order valence-corrected chi connectivity index (χ3v) is 6.57. The molecule has 7 heteroatoms. The van der Waals surface area contributed by atoms with Gasteiger partial charge in [-0.25, -0.2) is 8.42 Å². The molecule has 0 aliphatic carbocycles. The summed E-state index contributed by atoms with van der Waals surface area (Å²) in [7, 11) is -3.48. The molecule has 1 fully saturated rings. The Labute approximate surface area is 166 Å². The van der Waals surface area contributed by atoms with Crippen LogP contribution in [-0.2, 0) is 10.0 Å². The van der Waals surface area contributed by atoms with Gasteiger partial charge in [0.25, 0.3) is 5.91 Å². The maximum Gasteiger partial charge on any atom is 0.259 e. The number of sulfonamides is 1. The lowest BCUT2D eigenvalue weighted by Gasteiger charge is -2.25. The van der Waals surface area contributed by atoms with Crippen molar-refractivity contribution in [3.8, 4) is 5.75 Å². The summed E-state index contributed by atoms with van der Waals surface area (Å²) < 4.78 is 32.6. The molecule has 2 aromatic rings. The van der Waals surface area contributed by atoms with Gasteiger partial charge in [0.1, 0.15) is 5.75 Å². The van der Waals surface area contributed by atoms with Crippen LogP contribution in [0.15, 0.2) is 53.4 Å². The van der Waals surface area contributed by atoms with E-state index in [1.165, 1.54) is 4.31 Å². The molecule has 0 radical (unpaired) electrons. The van der Waals surface area contributed by atoms with E-state index in [0.29, 0.717) is 36.7 Å². The van der Waals surface area contributed by atoms with Crippen LogP contribution in [0.5, 0.6) is 5.75 Å². The number of hydrogen-bond donors (Lipinski definition) is 1. The van der Waals surface area contributed by atoms with Gasteiger partial charge in [-0.05, 0) is 55.7 Å². The number of piperidine rings is 1. The van der Waals surface area contributed by atoms with Gasteiger partial charge in [0.05, 0.1) is 17.1 Å². The third-order valence-electron chi connectivity index (χ3n) is 4.66. The number of benzene rings is 2. The molecule has 2 aromatic carbocycles. The lowest BCUT2D eigenvalue weighted by molar-refractivity contribution is 0.102. The molecule has 0 saturated carbocycles. The summed E-state index contributed by atoms with van der Waals surface area (Å²) in [5, 5.41) is 2.81. The molecular weight excluding hydrogens is 376 g/mol. The first-order chi connectivity index (χ1) is 13.5. The van der Waals surface area contributed by atoms with Crippen molar-refractivity contribution < 1.29 is 17.9 Å². The number of hydrogen-bond acceptors (Lipinski definition) is 4. The van der Waals surface area contributed by atoms with Crippen molar-refractivity contribution in [2.24, 2.45) is 0 Å². The Bertz CT molecular complexity index is 904. The fourth-order valence-corrected chi connectivity index (χ4v) is 4.67. The highest BCUT2D eigenvalue weighted by Gasteiger charge is 2.25. The minimum Gasteiger partial charge on any atom is -0.493 e. The number of carbonyl (C=O) groups excluding carboxylic acids is 1. The van der Waals surface area contributed by atoms with Gasteiger partial charge in [0.2, 0.25) is 10.0 Å². The van der Waals surface area contributed by atoms with Crippen LogP contribution in [0.4, 0.5) is 5.69 Å². The van der Waals surface area contributed by atoms with Gasteiger partial charge in [-0.1, -0.05) is 25.5 Å². The molecule has 0 aromatic heterocycles. The van der Waals surface area contributed by atoms with Crippen molar-refractivity contribution in [2.75, 3.05) is 25.0 Å². The summed E-state index contributed by atoms with van der Waals surface area (Å²) in [5.41, 5.74) is 0.980. The van der Waals surface area contributed by atoms with Crippen molar-refractivity contribution in [1.29, 1.82) is 0 Å². The molecule has 6 nitrogen and oxygen atoms in total. The van der Waals surface area contributed by atoms with Crippen LogP contribution in [0.3, 0.4) is 0 Å². The first kappa shape index (κ1) is 20.4. The van der Waals surface area contributed by atoms with E-state index in [1.807, 2.05) is 13.0 Å². The summed E-state index contributed by atoms with van der Waals surface area (Å²) in [6.45, 7) is 3.67. The Morgan fingerprint density at radius 1 is 1.04 bits per heavy atom. The fraction of sp³-hybridized carbons (Fsp3) is 0.381. The molecule has 0 spiro atoms. The molecule has 3 rings (SSSR count). The second kappa shape index (κ2) is 9.21. The predicted octanol–water partition coefficient (Wildman–Crippen LogP) is 3.90. The monoisotopic (exact) mass is 402 g/mol. The molecule has 0 unspecified atom stereocenters. The molecule has 0 atom stereocenters. The summed E-state index contributed by atoms with van der Waals surface area (Å²) in [6.07, 6.45) is 3.71. The summed E-state index contributed by atoms with van der Waals surface area (Å²) in [6, 6.07) is 13.4. The molecular formula is C21H26N2O4S. The highest BCUT2D eigenvalue weighted by atomic mass is 32.2. The van der Waals surface area contributed by atoms with Crippen molar-refractivity contribution in [3.63, 3.8) is 0 Å². The van der Waals surface area contributed by atoms with Gasteiger partial charge in [-0.3, -0.25) is 4.79 Å². The Morgan fingerprint density at radius 2 is 1.71 bits per heavy atom. The SMILES string of the molecule is CCCOc1ccccc1C(=O)Nc1ccc(S(=O)(=O)N2CCCCC2)cc1. The Balaban J connectivity index is 1.72. The molecule has 150 valence electrons. The zero-order valence-electron chi connectivity index (χ0n) is 16.1. The molecule has 1 saturated heterocycles. The Kier molecular flexibility index (Phi) is 6.70. The highest BCUT2D eigenvalue weighted by molar-refractivity contribution is 7.89. The maximum absolute atomic E-state index is 12.7. The summed E-state index contributed by atoms with van der Waals surface area (Å²) >= 11 is 0. The second-order valence-electron chi connectivity index (χ2n) is 6.79. The summed E-state index contributed by atoms with van der Waals surface area (Å²) in [5.74, 6) is 0.240. The molecule has 28 heavy (non-hydrogen) atoms. The van der Waals surface area contributed by atoms with Crippen LogP contribution in [-0.4, -0.2) is 38.3 Å². The van der Waals surface area contributed by atoms with E-state index in [-0.39, 0.29) is 10.8 Å². The van der Waals surface area contributed by atoms with E-state index in [4.69, 9.17) is 4.74 Å². The number of nitrogens with one attached hydrogen (secondary N) is 1.